The molecule has 5 nitrogen and oxygen atoms in total. The highest BCUT2D eigenvalue weighted by atomic mass is 16.5. The monoisotopic (exact) mass is 278 g/mol. The molecule has 2 saturated heterocycles. The number of rotatable bonds is 3. The SMILES string of the molecule is COCC12CCCOC1CCN(C(=O)c1cc[nH]c1)C2. The molecule has 0 aromatic carbocycles. The molecule has 2 atom stereocenters. The quantitative estimate of drug-likeness (QED) is 0.915. The van der Waals surface area contributed by atoms with Gasteiger partial charge in [0, 0.05) is 44.6 Å². The van der Waals surface area contributed by atoms with E-state index < -0.39 is 0 Å². The number of carbonyl (C=O) groups excluding carboxylic acids is 1. The fourth-order valence-corrected chi connectivity index (χ4v) is 3.60. The van der Waals surface area contributed by atoms with Crippen LogP contribution in [-0.2, 0) is 9.47 Å². The number of aromatic amines is 1. The summed E-state index contributed by atoms with van der Waals surface area (Å²) in [6.45, 7) is 2.99. The number of hydrogen-bond acceptors (Lipinski definition) is 3. The minimum absolute atomic E-state index is 0.0305. The van der Waals surface area contributed by atoms with Gasteiger partial charge in [-0.3, -0.25) is 4.79 Å². The summed E-state index contributed by atoms with van der Waals surface area (Å²) in [7, 11) is 1.73. The van der Waals surface area contributed by atoms with Crippen LogP contribution >= 0.6 is 0 Å². The fraction of sp³-hybridized carbons (Fsp3) is 0.667. The number of piperidine rings is 1. The Morgan fingerprint density at radius 2 is 2.55 bits per heavy atom. The van der Waals surface area contributed by atoms with Gasteiger partial charge in [0.1, 0.15) is 0 Å². The van der Waals surface area contributed by atoms with Gasteiger partial charge in [-0.15, -0.1) is 0 Å². The van der Waals surface area contributed by atoms with Crippen molar-refractivity contribution in [3.63, 3.8) is 0 Å². The summed E-state index contributed by atoms with van der Waals surface area (Å²) in [5, 5.41) is 0. The summed E-state index contributed by atoms with van der Waals surface area (Å²) in [5.41, 5.74) is 0.699. The predicted octanol–water partition coefficient (Wildman–Crippen LogP) is 1.67. The molecule has 0 aliphatic carbocycles. The lowest BCUT2D eigenvalue weighted by atomic mass is 9.73. The Bertz CT molecular complexity index is 456. The van der Waals surface area contributed by atoms with Crippen molar-refractivity contribution in [1.29, 1.82) is 0 Å². The Labute approximate surface area is 119 Å². The Morgan fingerprint density at radius 1 is 1.65 bits per heavy atom. The third-order valence-electron chi connectivity index (χ3n) is 4.55. The number of nitrogens with one attached hydrogen (secondary N) is 1. The van der Waals surface area contributed by atoms with Crippen molar-refractivity contribution in [3.8, 4) is 0 Å². The summed E-state index contributed by atoms with van der Waals surface area (Å²) >= 11 is 0. The molecular formula is C15H22N2O3. The van der Waals surface area contributed by atoms with Crippen LogP contribution in [0.5, 0.6) is 0 Å². The van der Waals surface area contributed by atoms with E-state index in [9.17, 15) is 4.79 Å². The van der Waals surface area contributed by atoms with Crippen molar-refractivity contribution >= 4 is 5.91 Å². The molecule has 1 aromatic rings. The van der Waals surface area contributed by atoms with E-state index >= 15 is 0 Å². The van der Waals surface area contributed by atoms with Gasteiger partial charge in [0.2, 0.25) is 0 Å². The topological polar surface area (TPSA) is 54.6 Å². The summed E-state index contributed by atoms with van der Waals surface area (Å²) in [6, 6.07) is 1.83. The van der Waals surface area contributed by atoms with Gasteiger partial charge in [-0.2, -0.15) is 0 Å². The molecule has 2 fully saturated rings. The van der Waals surface area contributed by atoms with Crippen molar-refractivity contribution in [2.24, 2.45) is 5.41 Å². The standard InChI is InChI=1S/C15H22N2O3/c1-19-11-15-5-2-8-20-13(15)4-7-17(10-15)14(18)12-3-6-16-9-12/h3,6,9,13,16H,2,4-5,7-8,10-11H2,1H3. The lowest BCUT2D eigenvalue weighted by molar-refractivity contribution is -0.142. The first-order valence-electron chi connectivity index (χ1n) is 7.28. The maximum Gasteiger partial charge on any atom is 0.255 e. The number of likely N-dealkylation sites (tertiary alicyclic amines) is 1. The first kappa shape index (κ1) is 13.6. The zero-order chi connectivity index (χ0) is 14.0. The predicted molar refractivity (Wildman–Crippen MR) is 74.6 cm³/mol. The van der Waals surface area contributed by atoms with Crippen LogP contribution in [0.25, 0.3) is 0 Å². The molecule has 2 unspecified atom stereocenters. The lowest BCUT2D eigenvalue weighted by Gasteiger charge is -2.50. The van der Waals surface area contributed by atoms with E-state index in [1.165, 1.54) is 0 Å². The Morgan fingerprint density at radius 3 is 3.30 bits per heavy atom. The van der Waals surface area contributed by atoms with Crippen molar-refractivity contribution in [1.82, 2.24) is 9.88 Å². The van der Waals surface area contributed by atoms with Gasteiger partial charge in [0.05, 0.1) is 18.3 Å². The minimum Gasteiger partial charge on any atom is -0.384 e. The third kappa shape index (κ3) is 2.36. The highest BCUT2D eigenvalue weighted by Gasteiger charge is 2.47. The van der Waals surface area contributed by atoms with E-state index in [4.69, 9.17) is 9.47 Å². The molecule has 5 heteroatoms. The van der Waals surface area contributed by atoms with Crippen LogP contribution in [0.4, 0.5) is 0 Å². The Balaban J connectivity index is 1.77. The Kier molecular flexibility index (Phi) is 3.81. The molecular weight excluding hydrogens is 256 g/mol. The van der Waals surface area contributed by atoms with E-state index in [0.29, 0.717) is 6.61 Å². The number of H-pyrrole nitrogens is 1. The van der Waals surface area contributed by atoms with Crippen LogP contribution < -0.4 is 0 Å². The highest BCUT2D eigenvalue weighted by molar-refractivity contribution is 5.94. The van der Waals surface area contributed by atoms with Gasteiger partial charge in [-0.1, -0.05) is 0 Å². The van der Waals surface area contributed by atoms with Crippen LogP contribution in [-0.4, -0.2) is 55.3 Å². The molecule has 1 amide bonds. The molecule has 3 rings (SSSR count). The van der Waals surface area contributed by atoms with Gasteiger partial charge in [-0.25, -0.2) is 0 Å². The summed E-state index contributed by atoms with van der Waals surface area (Å²) in [6.07, 6.45) is 6.80. The van der Waals surface area contributed by atoms with E-state index in [1.54, 1.807) is 19.5 Å². The summed E-state index contributed by atoms with van der Waals surface area (Å²) in [5.74, 6) is 0.103. The van der Waals surface area contributed by atoms with E-state index in [0.717, 1.165) is 44.5 Å². The second kappa shape index (κ2) is 5.58. The van der Waals surface area contributed by atoms with Gasteiger partial charge in [-0.05, 0) is 25.3 Å². The maximum absolute atomic E-state index is 12.5. The molecule has 110 valence electrons. The Hall–Kier alpha value is -1.33. The van der Waals surface area contributed by atoms with Gasteiger partial charge in [0.25, 0.3) is 5.91 Å². The van der Waals surface area contributed by atoms with Crippen LogP contribution in [0.1, 0.15) is 29.6 Å². The molecule has 2 aliphatic heterocycles. The average Bonchev–Trinajstić information content (AvgIpc) is 3.00. The van der Waals surface area contributed by atoms with Crippen molar-refractivity contribution < 1.29 is 14.3 Å². The number of methoxy groups -OCH3 is 1. The average molecular weight is 278 g/mol. The summed E-state index contributed by atoms with van der Waals surface area (Å²) < 4.78 is 11.4. The van der Waals surface area contributed by atoms with Crippen molar-refractivity contribution in [3.05, 3.63) is 24.0 Å². The zero-order valence-corrected chi connectivity index (χ0v) is 11.9. The van der Waals surface area contributed by atoms with Gasteiger partial charge in [0.15, 0.2) is 0 Å². The van der Waals surface area contributed by atoms with E-state index in [-0.39, 0.29) is 17.4 Å². The minimum atomic E-state index is -0.0305. The number of ether oxygens (including phenoxy) is 2. The number of amides is 1. The first-order valence-corrected chi connectivity index (χ1v) is 7.28. The maximum atomic E-state index is 12.5. The van der Waals surface area contributed by atoms with Crippen molar-refractivity contribution in [2.75, 3.05) is 33.4 Å². The molecule has 0 saturated carbocycles. The molecule has 1 aromatic heterocycles. The molecule has 0 bridgehead atoms. The summed E-state index contributed by atoms with van der Waals surface area (Å²) in [4.78, 5) is 17.4. The van der Waals surface area contributed by atoms with Gasteiger partial charge >= 0.3 is 0 Å². The van der Waals surface area contributed by atoms with Crippen LogP contribution in [0.15, 0.2) is 18.5 Å². The normalized spacial score (nSPS) is 30.1. The molecule has 20 heavy (non-hydrogen) atoms. The van der Waals surface area contributed by atoms with Crippen LogP contribution in [0, 0.1) is 5.41 Å². The van der Waals surface area contributed by atoms with Gasteiger partial charge < -0.3 is 19.4 Å². The second-order valence-electron chi connectivity index (χ2n) is 5.87. The number of hydrogen-bond donors (Lipinski definition) is 1. The smallest absolute Gasteiger partial charge is 0.255 e. The third-order valence-corrected chi connectivity index (χ3v) is 4.55. The number of carbonyl (C=O) groups is 1. The number of aromatic nitrogens is 1. The number of fused-ring (bicyclic) bond motifs is 1. The van der Waals surface area contributed by atoms with Crippen LogP contribution in [0.3, 0.4) is 0 Å². The number of nitrogens with zero attached hydrogens (tertiary/aromatic N) is 1. The van der Waals surface area contributed by atoms with E-state index in [2.05, 4.69) is 4.98 Å². The lowest BCUT2D eigenvalue weighted by Crippen LogP contribution is -2.58. The van der Waals surface area contributed by atoms with Crippen molar-refractivity contribution in [2.45, 2.75) is 25.4 Å². The second-order valence-corrected chi connectivity index (χ2v) is 5.87. The largest absolute Gasteiger partial charge is 0.384 e. The zero-order valence-electron chi connectivity index (χ0n) is 11.9. The molecule has 2 aliphatic rings. The fourth-order valence-electron chi connectivity index (χ4n) is 3.60. The van der Waals surface area contributed by atoms with Crippen LogP contribution in [0.2, 0.25) is 0 Å². The highest BCUT2D eigenvalue weighted by Crippen LogP contribution is 2.40. The van der Waals surface area contributed by atoms with E-state index in [1.807, 2.05) is 11.0 Å². The molecule has 1 N–H and O–H groups in total. The molecule has 0 spiro atoms. The molecule has 3 heterocycles. The molecule has 0 radical (unpaired) electrons. The first-order chi connectivity index (χ1) is 9.75.